The van der Waals surface area contributed by atoms with Gasteiger partial charge in [-0.15, -0.1) is 0 Å². The number of amides is 1. The Balaban J connectivity index is 1.58. The minimum Gasteiger partial charge on any atom is -0.382 e. The summed E-state index contributed by atoms with van der Waals surface area (Å²) in [5.41, 5.74) is 9.25. The van der Waals surface area contributed by atoms with E-state index in [2.05, 4.69) is 33.2 Å². The number of carbonyl (C=O) groups excluding carboxylic acids is 1. The third-order valence-electron chi connectivity index (χ3n) is 6.59. The SMILES string of the molecule is [B]c1nc(N)c2nc(-c3cccc(C#C[C@]4(O)CCN(C)C4=O)c3)cc(C3CCNCC3)c2n1. The number of aliphatic hydroxyl groups is 1. The van der Waals surface area contributed by atoms with E-state index < -0.39 is 5.60 Å². The van der Waals surface area contributed by atoms with Crippen LogP contribution in [0, 0.1) is 11.8 Å². The quantitative estimate of drug-likeness (QED) is 0.383. The second-order valence-electron chi connectivity index (χ2n) is 8.95. The number of hydrogen-bond donors (Lipinski definition) is 3. The maximum absolute atomic E-state index is 12.2. The molecule has 0 aliphatic carbocycles. The minimum absolute atomic E-state index is 0.136. The highest BCUT2D eigenvalue weighted by Gasteiger charge is 2.42. The zero-order chi connectivity index (χ0) is 23.9. The number of nitrogens with zero attached hydrogens (tertiary/aromatic N) is 4. The molecular weight excluding hydrogens is 427 g/mol. The first kappa shape index (κ1) is 22.3. The molecule has 34 heavy (non-hydrogen) atoms. The fourth-order valence-electron chi connectivity index (χ4n) is 4.66. The summed E-state index contributed by atoms with van der Waals surface area (Å²) in [6.45, 7) is 2.35. The Hall–Kier alpha value is -3.48. The first-order valence-electron chi connectivity index (χ1n) is 11.4. The van der Waals surface area contributed by atoms with Crippen LogP contribution in [0.4, 0.5) is 5.82 Å². The number of carbonyl (C=O) groups is 1. The van der Waals surface area contributed by atoms with Crippen LogP contribution in [-0.2, 0) is 4.79 Å². The van der Waals surface area contributed by atoms with Crippen molar-refractivity contribution in [2.45, 2.75) is 30.8 Å². The number of hydrogen-bond acceptors (Lipinski definition) is 7. The molecule has 2 saturated heterocycles. The molecule has 3 aromatic rings. The first-order chi connectivity index (χ1) is 16.3. The molecule has 1 aromatic carbocycles. The van der Waals surface area contributed by atoms with E-state index in [9.17, 15) is 9.90 Å². The normalized spacial score (nSPS) is 21.0. The van der Waals surface area contributed by atoms with Crippen LogP contribution in [0.1, 0.15) is 36.3 Å². The molecule has 2 aliphatic rings. The molecule has 9 heteroatoms. The summed E-state index contributed by atoms with van der Waals surface area (Å²) in [5.74, 6) is 5.94. The second-order valence-corrected chi connectivity index (χ2v) is 8.95. The Morgan fingerprint density at radius 2 is 2.00 bits per heavy atom. The number of fused-ring (bicyclic) bond motifs is 1. The van der Waals surface area contributed by atoms with Crippen LogP contribution >= 0.6 is 0 Å². The van der Waals surface area contributed by atoms with Crippen LogP contribution in [0.25, 0.3) is 22.3 Å². The molecule has 5 rings (SSSR count). The van der Waals surface area contributed by atoms with Gasteiger partial charge in [-0.1, -0.05) is 24.0 Å². The lowest BCUT2D eigenvalue weighted by Gasteiger charge is -2.24. The van der Waals surface area contributed by atoms with Crippen molar-refractivity contribution in [2.75, 3.05) is 32.4 Å². The standard InChI is InChI=1S/C25H25BN6O2/c1-32-12-9-25(34,23(32)33)8-5-15-3-2-4-17(13-15)19-14-18(16-6-10-28-11-7-16)20-21(29-19)22(27)31-24(26)30-20/h2-4,13-14,16,28,34H,6-7,9-12H2,1H3,(H2,27,30,31)/t25-/m0/s1. The van der Waals surface area contributed by atoms with Gasteiger partial charge in [0, 0.05) is 31.1 Å². The third kappa shape index (κ3) is 4.11. The van der Waals surface area contributed by atoms with Gasteiger partial charge in [0.2, 0.25) is 5.60 Å². The zero-order valence-electron chi connectivity index (χ0n) is 19.0. The van der Waals surface area contributed by atoms with Gasteiger partial charge in [0.05, 0.1) is 16.9 Å². The van der Waals surface area contributed by atoms with E-state index in [0.717, 1.165) is 42.8 Å². The largest absolute Gasteiger partial charge is 0.382 e. The Labute approximate surface area is 199 Å². The summed E-state index contributed by atoms with van der Waals surface area (Å²) in [6, 6.07) is 9.62. The fraction of sp³-hybridized carbons (Fsp3) is 0.360. The van der Waals surface area contributed by atoms with Crippen molar-refractivity contribution in [3.05, 3.63) is 41.5 Å². The van der Waals surface area contributed by atoms with Crippen molar-refractivity contribution in [1.29, 1.82) is 0 Å². The average molecular weight is 452 g/mol. The van der Waals surface area contributed by atoms with Gasteiger partial charge in [0.25, 0.3) is 5.91 Å². The molecule has 8 nitrogen and oxygen atoms in total. The number of likely N-dealkylation sites (tertiary alicyclic amines) is 1. The molecular formula is C25H25BN6O2. The minimum atomic E-state index is -1.64. The number of nitrogen functional groups attached to an aromatic ring is 1. The summed E-state index contributed by atoms with van der Waals surface area (Å²) >= 11 is 0. The van der Waals surface area contributed by atoms with Gasteiger partial charge >= 0.3 is 0 Å². The van der Waals surface area contributed by atoms with Crippen molar-refractivity contribution >= 4 is 36.3 Å². The summed E-state index contributed by atoms with van der Waals surface area (Å²) < 4.78 is 0. The summed E-state index contributed by atoms with van der Waals surface area (Å²) in [4.78, 5) is 27.1. The lowest BCUT2D eigenvalue weighted by atomic mass is 9.88. The van der Waals surface area contributed by atoms with Crippen LogP contribution in [0.3, 0.4) is 0 Å². The number of anilines is 1. The topological polar surface area (TPSA) is 117 Å². The number of benzene rings is 1. The Bertz CT molecular complexity index is 1340. The van der Waals surface area contributed by atoms with E-state index in [0.29, 0.717) is 35.5 Å². The molecule has 0 spiro atoms. The van der Waals surface area contributed by atoms with Crippen molar-refractivity contribution in [1.82, 2.24) is 25.2 Å². The molecule has 0 unspecified atom stereocenters. The van der Waals surface area contributed by atoms with E-state index in [-0.39, 0.29) is 17.4 Å². The van der Waals surface area contributed by atoms with E-state index in [4.69, 9.17) is 18.6 Å². The van der Waals surface area contributed by atoms with E-state index in [1.165, 1.54) is 4.90 Å². The Kier molecular flexibility index (Phi) is 5.72. The van der Waals surface area contributed by atoms with Gasteiger partial charge < -0.3 is 21.1 Å². The molecule has 0 bridgehead atoms. The number of nitrogens with two attached hydrogens (primary N) is 1. The van der Waals surface area contributed by atoms with Gasteiger partial charge in [-0.2, -0.15) is 0 Å². The predicted octanol–water partition coefficient (Wildman–Crippen LogP) is 0.479. The summed E-state index contributed by atoms with van der Waals surface area (Å²) in [6.07, 6.45) is 2.26. The molecule has 2 aliphatic heterocycles. The molecule has 1 amide bonds. The Morgan fingerprint density at radius 1 is 1.21 bits per heavy atom. The second kappa shape index (κ2) is 8.71. The smallest absolute Gasteiger partial charge is 0.267 e. The van der Waals surface area contributed by atoms with Gasteiger partial charge in [-0.3, -0.25) is 4.79 Å². The van der Waals surface area contributed by atoms with Crippen LogP contribution in [-0.4, -0.2) is 71.0 Å². The van der Waals surface area contributed by atoms with Crippen molar-refractivity contribution in [2.24, 2.45) is 0 Å². The van der Waals surface area contributed by atoms with Crippen molar-refractivity contribution in [3.63, 3.8) is 0 Å². The number of nitrogens with one attached hydrogen (secondary N) is 1. The first-order valence-corrected chi connectivity index (χ1v) is 11.4. The van der Waals surface area contributed by atoms with Crippen LogP contribution in [0.2, 0.25) is 0 Å². The number of rotatable bonds is 2. The van der Waals surface area contributed by atoms with Crippen molar-refractivity contribution < 1.29 is 9.90 Å². The Morgan fingerprint density at radius 3 is 2.74 bits per heavy atom. The molecule has 2 fully saturated rings. The van der Waals surface area contributed by atoms with E-state index in [1.807, 2.05) is 24.3 Å². The zero-order valence-corrected chi connectivity index (χ0v) is 19.0. The molecule has 1 atom stereocenters. The van der Waals surface area contributed by atoms with E-state index >= 15 is 0 Å². The van der Waals surface area contributed by atoms with Crippen LogP contribution in [0.5, 0.6) is 0 Å². The number of aromatic nitrogens is 3. The molecule has 2 aromatic heterocycles. The molecule has 2 radical (unpaired) electrons. The maximum Gasteiger partial charge on any atom is 0.267 e. The highest BCUT2D eigenvalue weighted by molar-refractivity contribution is 6.29. The lowest BCUT2D eigenvalue weighted by molar-refractivity contribution is -0.137. The number of likely N-dealkylation sites (N-methyl/N-ethyl adjacent to an activating group) is 1. The van der Waals surface area contributed by atoms with Gasteiger partial charge in [-0.05, 0) is 55.6 Å². The summed E-state index contributed by atoms with van der Waals surface area (Å²) in [7, 11) is 7.57. The number of pyridine rings is 1. The van der Waals surface area contributed by atoms with Gasteiger partial charge in [0.1, 0.15) is 5.52 Å². The molecule has 170 valence electrons. The average Bonchev–Trinajstić information content (AvgIpc) is 3.11. The lowest BCUT2D eigenvalue weighted by Crippen LogP contribution is -2.37. The van der Waals surface area contributed by atoms with Gasteiger partial charge in [-0.25, -0.2) is 15.0 Å². The molecule has 4 heterocycles. The maximum atomic E-state index is 12.2. The van der Waals surface area contributed by atoms with E-state index in [1.54, 1.807) is 7.05 Å². The van der Waals surface area contributed by atoms with Crippen molar-refractivity contribution in [3.8, 4) is 23.1 Å². The van der Waals surface area contributed by atoms with Crippen LogP contribution < -0.4 is 16.8 Å². The monoisotopic (exact) mass is 452 g/mol. The third-order valence-corrected chi connectivity index (χ3v) is 6.59. The fourth-order valence-corrected chi connectivity index (χ4v) is 4.66. The molecule has 0 saturated carbocycles. The highest BCUT2D eigenvalue weighted by atomic mass is 16.3. The van der Waals surface area contributed by atoms with Gasteiger partial charge in [0.15, 0.2) is 13.7 Å². The molecule has 4 N–H and O–H groups in total. The van der Waals surface area contributed by atoms with Crippen LogP contribution in [0.15, 0.2) is 30.3 Å². The number of piperidine rings is 1. The summed E-state index contributed by atoms with van der Waals surface area (Å²) in [5, 5.41) is 14.0. The predicted molar refractivity (Wildman–Crippen MR) is 131 cm³/mol. The highest BCUT2D eigenvalue weighted by Crippen LogP contribution is 2.34.